The second-order valence-corrected chi connectivity index (χ2v) is 6.41. The highest BCUT2D eigenvalue weighted by Crippen LogP contribution is 2.24. The van der Waals surface area contributed by atoms with Gasteiger partial charge in [0.05, 0.1) is 23.0 Å². The highest BCUT2D eigenvalue weighted by molar-refractivity contribution is 7.99. The first-order chi connectivity index (χ1) is 12.7. The van der Waals surface area contributed by atoms with Crippen molar-refractivity contribution >= 4 is 34.7 Å². The van der Waals surface area contributed by atoms with Crippen LogP contribution in [0.25, 0.3) is 22.6 Å². The van der Waals surface area contributed by atoms with E-state index in [0.717, 1.165) is 11.0 Å². The van der Waals surface area contributed by atoms with E-state index in [2.05, 4.69) is 25.5 Å². The standard InChI is InChI=1S/C17H16N6O2S/c1-2-23-15(13-8-5-9-25-13)21-22-17(23)26-10-14(24)20-16-18-11-6-3-4-7-12(11)19-16/h3-9H,2,10H2,1H3,(H2,18,19,20,24). The summed E-state index contributed by atoms with van der Waals surface area (Å²) in [7, 11) is 0. The number of aromatic amines is 1. The lowest BCUT2D eigenvalue weighted by molar-refractivity contribution is -0.113. The second kappa shape index (κ2) is 7.04. The molecule has 0 aliphatic rings. The normalized spacial score (nSPS) is 11.1. The van der Waals surface area contributed by atoms with Crippen molar-refractivity contribution in [3.63, 3.8) is 0 Å². The van der Waals surface area contributed by atoms with Gasteiger partial charge < -0.3 is 9.40 Å². The number of hydrogen-bond acceptors (Lipinski definition) is 6. The molecule has 1 aromatic carbocycles. The van der Waals surface area contributed by atoms with Crippen LogP contribution in [-0.2, 0) is 11.3 Å². The maximum absolute atomic E-state index is 12.2. The number of fused-ring (bicyclic) bond motifs is 1. The van der Waals surface area contributed by atoms with E-state index < -0.39 is 0 Å². The van der Waals surface area contributed by atoms with Crippen molar-refractivity contribution in [2.75, 3.05) is 11.1 Å². The predicted molar refractivity (Wildman–Crippen MR) is 98.8 cm³/mol. The minimum atomic E-state index is -0.167. The molecule has 4 aromatic rings. The van der Waals surface area contributed by atoms with E-state index in [-0.39, 0.29) is 11.7 Å². The number of furan rings is 1. The van der Waals surface area contributed by atoms with Crippen LogP contribution in [0.15, 0.2) is 52.2 Å². The quantitative estimate of drug-likeness (QED) is 0.507. The largest absolute Gasteiger partial charge is 0.461 e. The zero-order chi connectivity index (χ0) is 17.9. The maximum Gasteiger partial charge on any atom is 0.237 e. The van der Waals surface area contributed by atoms with Gasteiger partial charge in [0, 0.05) is 6.54 Å². The number of H-pyrrole nitrogens is 1. The maximum atomic E-state index is 12.2. The molecule has 0 radical (unpaired) electrons. The number of thioether (sulfide) groups is 1. The van der Waals surface area contributed by atoms with E-state index in [0.29, 0.717) is 29.2 Å². The molecule has 0 unspecified atom stereocenters. The van der Waals surface area contributed by atoms with Crippen molar-refractivity contribution < 1.29 is 9.21 Å². The van der Waals surface area contributed by atoms with Crippen LogP contribution in [-0.4, -0.2) is 36.4 Å². The molecule has 0 atom stereocenters. The number of nitrogens with zero attached hydrogens (tertiary/aromatic N) is 4. The third kappa shape index (κ3) is 3.21. The lowest BCUT2D eigenvalue weighted by atomic mass is 10.3. The molecule has 132 valence electrons. The Balaban J connectivity index is 1.43. The average molecular weight is 368 g/mol. The highest BCUT2D eigenvalue weighted by atomic mass is 32.2. The summed E-state index contributed by atoms with van der Waals surface area (Å²) >= 11 is 1.32. The molecule has 3 heterocycles. The van der Waals surface area contributed by atoms with Gasteiger partial charge in [-0.15, -0.1) is 10.2 Å². The number of anilines is 1. The first kappa shape index (κ1) is 16.4. The number of hydrogen-bond donors (Lipinski definition) is 2. The lowest BCUT2D eigenvalue weighted by Crippen LogP contribution is -2.15. The molecule has 26 heavy (non-hydrogen) atoms. The van der Waals surface area contributed by atoms with Gasteiger partial charge in [-0.3, -0.25) is 14.7 Å². The van der Waals surface area contributed by atoms with Gasteiger partial charge >= 0.3 is 0 Å². The monoisotopic (exact) mass is 368 g/mol. The van der Waals surface area contributed by atoms with Crippen LogP contribution in [0.5, 0.6) is 0 Å². The Kier molecular flexibility index (Phi) is 4.44. The minimum Gasteiger partial charge on any atom is -0.461 e. The van der Waals surface area contributed by atoms with E-state index in [9.17, 15) is 4.79 Å². The van der Waals surface area contributed by atoms with Gasteiger partial charge in [-0.05, 0) is 31.2 Å². The molecule has 1 amide bonds. The Morgan fingerprint density at radius 2 is 2.15 bits per heavy atom. The highest BCUT2D eigenvalue weighted by Gasteiger charge is 2.16. The minimum absolute atomic E-state index is 0.167. The van der Waals surface area contributed by atoms with Gasteiger partial charge in [0.25, 0.3) is 0 Å². The van der Waals surface area contributed by atoms with Crippen LogP contribution < -0.4 is 5.32 Å². The molecular weight excluding hydrogens is 352 g/mol. The summed E-state index contributed by atoms with van der Waals surface area (Å²) in [6, 6.07) is 11.2. The number of rotatable bonds is 6. The van der Waals surface area contributed by atoms with Crippen LogP contribution in [0.1, 0.15) is 6.92 Å². The average Bonchev–Trinajstić information content (AvgIpc) is 3.37. The van der Waals surface area contributed by atoms with Crippen molar-refractivity contribution in [3.05, 3.63) is 42.7 Å². The van der Waals surface area contributed by atoms with Crippen molar-refractivity contribution in [1.29, 1.82) is 0 Å². The van der Waals surface area contributed by atoms with Crippen LogP contribution in [0.2, 0.25) is 0 Å². The van der Waals surface area contributed by atoms with Crippen LogP contribution in [0.4, 0.5) is 5.95 Å². The van der Waals surface area contributed by atoms with Gasteiger partial charge in [0.1, 0.15) is 0 Å². The third-order valence-corrected chi connectivity index (χ3v) is 4.72. The second-order valence-electron chi connectivity index (χ2n) is 5.47. The number of aromatic nitrogens is 5. The molecule has 4 rings (SSSR count). The first-order valence-electron chi connectivity index (χ1n) is 8.09. The predicted octanol–water partition coefficient (Wildman–Crippen LogP) is 3.17. The lowest BCUT2D eigenvalue weighted by Gasteiger charge is -2.05. The smallest absolute Gasteiger partial charge is 0.237 e. The fraction of sp³-hybridized carbons (Fsp3) is 0.176. The third-order valence-electron chi connectivity index (χ3n) is 3.75. The summed E-state index contributed by atoms with van der Waals surface area (Å²) in [5.74, 6) is 1.77. The summed E-state index contributed by atoms with van der Waals surface area (Å²) in [5, 5.41) is 11.8. The molecule has 0 bridgehead atoms. The summed E-state index contributed by atoms with van der Waals surface area (Å²) in [5.41, 5.74) is 1.69. The fourth-order valence-corrected chi connectivity index (χ4v) is 3.38. The molecule has 0 spiro atoms. The number of nitrogens with one attached hydrogen (secondary N) is 2. The van der Waals surface area contributed by atoms with Crippen molar-refractivity contribution in [1.82, 2.24) is 24.7 Å². The molecule has 0 saturated heterocycles. The number of carbonyl (C=O) groups is 1. The Morgan fingerprint density at radius 3 is 2.92 bits per heavy atom. The molecular formula is C17H16N6O2S. The van der Waals surface area contributed by atoms with Crippen LogP contribution in [0.3, 0.4) is 0 Å². The summed E-state index contributed by atoms with van der Waals surface area (Å²) < 4.78 is 7.30. The Morgan fingerprint density at radius 1 is 1.27 bits per heavy atom. The summed E-state index contributed by atoms with van der Waals surface area (Å²) in [6.07, 6.45) is 1.59. The Hall–Kier alpha value is -3.07. The van der Waals surface area contributed by atoms with E-state index in [4.69, 9.17) is 4.42 Å². The number of benzene rings is 1. The molecule has 3 aromatic heterocycles. The molecule has 0 saturated carbocycles. The Labute approximate surface area is 153 Å². The van der Waals surface area contributed by atoms with E-state index in [1.165, 1.54) is 11.8 Å². The fourth-order valence-electron chi connectivity index (χ4n) is 2.58. The Bertz CT molecular complexity index is 1000. The van der Waals surface area contributed by atoms with Gasteiger partial charge in [-0.1, -0.05) is 23.9 Å². The van der Waals surface area contributed by atoms with Crippen molar-refractivity contribution in [2.45, 2.75) is 18.6 Å². The van der Waals surface area contributed by atoms with Gasteiger partial charge in [-0.25, -0.2) is 4.98 Å². The van der Waals surface area contributed by atoms with Crippen LogP contribution in [0, 0.1) is 0 Å². The van der Waals surface area contributed by atoms with Crippen molar-refractivity contribution in [3.8, 4) is 11.6 Å². The molecule has 0 aliphatic carbocycles. The molecule has 8 nitrogen and oxygen atoms in total. The number of para-hydroxylation sites is 2. The number of amides is 1. The zero-order valence-corrected chi connectivity index (χ0v) is 14.8. The SMILES string of the molecule is CCn1c(SCC(=O)Nc2nc3ccccc3[nH]2)nnc1-c1ccco1. The first-order valence-corrected chi connectivity index (χ1v) is 9.07. The molecule has 9 heteroatoms. The van der Waals surface area contributed by atoms with Crippen LogP contribution >= 0.6 is 11.8 Å². The van der Waals surface area contributed by atoms with Crippen molar-refractivity contribution in [2.24, 2.45) is 0 Å². The molecule has 0 fully saturated rings. The topological polar surface area (TPSA) is 102 Å². The van der Waals surface area contributed by atoms with E-state index >= 15 is 0 Å². The summed E-state index contributed by atoms with van der Waals surface area (Å²) in [6.45, 7) is 2.67. The van der Waals surface area contributed by atoms with Gasteiger partial charge in [-0.2, -0.15) is 0 Å². The zero-order valence-electron chi connectivity index (χ0n) is 14.0. The molecule has 2 N–H and O–H groups in total. The summed E-state index contributed by atoms with van der Waals surface area (Å²) in [4.78, 5) is 19.6. The number of imidazole rings is 1. The van der Waals surface area contributed by atoms with Gasteiger partial charge in [0.2, 0.25) is 11.9 Å². The van der Waals surface area contributed by atoms with Gasteiger partial charge in [0.15, 0.2) is 16.7 Å². The molecule has 0 aliphatic heterocycles. The van der Waals surface area contributed by atoms with E-state index in [1.807, 2.05) is 41.8 Å². The van der Waals surface area contributed by atoms with E-state index in [1.54, 1.807) is 12.3 Å². The number of carbonyl (C=O) groups excluding carboxylic acids is 1.